The second-order valence-corrected chi connectivity index (χ2v) is 6.09. The fraction of sp³-hybridized carbons (Fsp3) is 0.368. The number of pyridine rings is 1. The Kier molecular flexibility index (Phi) is 6.75. The number of rotatable bonds is 8. The minimum Gasteiger partial charge on any atom is -0.384 e. The summed E-state index contributed by atoms with van der Waals surface area (Å²) in [7, 11) is 3.85. The summed E-state index contributed by atoms with van der Waals surface area (Å²) in [6, 6.07) is 11.7. The van der Waals surface area contributed by atoms with Crippen LogP contribution in [0.5, 0.6) is 0 Å². The molecule has 1 aromatic carbocycles. The third-order valence-corrected chi connectivity index (χ3v) is 3.80. The Morgan fingerprint density at radius 1 is 1.17 bits per heavy atom. The van der Waals surface area contributed by atoms with E-state index < -0.39 is 0 Å². The van der Waals surface area contributed by atoms with Crippen LogP contribution < -0.4 is 10.6 Å². The molecule has 0 saturated carbocycles. The molecule has 1 heterocycles. The zero-order chi connectivity index (χ0) is 17.4. The van der Waals surface area contributed by atoms with Crippen molar-refractivity contribution < 1.29 is 4.79 Å². The lowest BCUT2D eigenvalue weighted by atomic mass is 10.0. The number of hydrogen-bond donors (Lipinski definition) is 2. The number of aromatic nitrogens is 1. The highest BCUT2D eigenvalue weighted by Crippen LogP contribution is 2.18. The van der Waals surface area contributed by atoms with Gasteiger partial charge in [-0.3, -0.25) is 14.7 Å². The maximum Gasteiger partial charge on any atom is 0.241 e. The molecule has 1 atom stereocenters. The Bertz CT molecular complexity index is 626. The number of nitrogens with one attached hydrogen (secondary N) is 2. The van der Waals surface area contributed by atoms with Crippen molar-refractivity contribution >= 4 is 11.6 Å². The summed E-state index contributed by atoms with van der Waals surface area (Å²) in [5.41, 5.74) is 3.20. The van der Waals surface area contributed by atoms with Crippen LogP contribution in [-0.4, -0.2) is 43.0 Å². The van der Waals surface area contributed by atoms with E-state index in [1.54, 1.807) is 12.4 Å². The van der Waals surface area contributed by atoms with Crippen LogP contribution in [0.15, 0.2) is 48.8 Å². The molecule has 128 valence electrons. The molecule has 0 spiro atoms. The smallest absolute Gasteiger partial charge is 0.241 e. The van der Waals surface area contributed by atoms with Crippen LogP contribution in [0.4, 0.5) is 5.69 Å². The highest BCUT2D eigenvalue weighted by Gasteiger charge is 2.22. The first kappa shape index (κ1) is 17.9. The molecule has 5 nitrogen and oxygen atoms in total. The largest absolute Gasteiger partial charge is 0.384 e. The second kappa shape index (κ2) is 9.03. The van der Waals surface area contributed by atoms with E-state index in [1.807, 2.05) is 62.3 Å². The minimum atomic E-state index is -0.267. The summed E-state index contributed by atoms with van der Waals surface area (Å²) >= 11 is 0. The number of aryl methyl sites for hydroxylation is 1. The monoisotopic (exact) mass is 326 g/mol. The molecule has 1 aromatic heterocycles. The summed E-state index contributed by atoms with van der Waals surface area (Å²) in [6.07, 6.45) is 4.39. The van der Waals surface area contributed by atoms with Crippen molar-refractivity contribution in [3.05, 3.63) is 59.9 Å². The molecule has 2 rings (SSSR count). The topological polar surface area (TPSA) is 57.3 Å². The quantitative estimate of drug-likeness (QED) is 0.732. The fourth-order valence-electron chi connectivity index (χ4n) is 2.53. The molecule has 0 radical (unpaired) electrons. The molecular weight excluding hydrogens is 300 g/mol. The fourth-order valence-corrected chi connectivity index (χ4v) is 2.53. The van der Waals surface area contributed by atoms with Gasteiger partial charge in [0.2, 0.25) is 5.91 Å². The molecule has 0 aliphatic heterocycles. The lowest BCUT2D eigenvalue weighted by molar-refractivity contribution is -0.125. The lowest BCUT2D eigenvalue weighted by Crippen LogP contribution is -2.37. The zero-order valence-corrected chi connectivity index (χ0v) is 14.6. The van der Waals surface area contributed by atoms with Gasteiger partial charge in [0.25, 0.3) is 0 Å². The average Bonchev–Trinajstić information content (AvgIpc) is 2.57. The van der Waals surface area contributed by atoms with E-state index in [0.717, 1.165) is 24.2 Å². The van der Waals surface area contributed by atoms with Crippen LogP contribution >= 0.6 is 0 Å². The van der Waals surface area contributed by atoms with Crippen molar-refractivity contribution in [2.45, 2.75) is 19.4 Å². The maximum absolute atomic E-state index is 12.5. The first-order valence-corrected chi connectivity index (χ1v) is 8.22. The maximum atomic E-state index is 12.5. The van der Waals surface area contributed by atoms with Crippen molar-refractivity contribution in [1.82, 2.24) is 15.2 Å². The van der Waals surface area contributed by atoms with E-state index >= 15 is 0 Å². The average molecular weight is 326 g/mol. The molecule has 0 saturated heterocycles. The molecule has 0 aliphatic rings. The molecule has 1 unspecified atom stereocenters. The highest BCUT2D eigenvalue weighted by atomic mass is 16.2. The number of carbonyl (C=O) groups excluding carboxylic acids is 1. The summed E-state index contributed by atoms with van der Waals surface area (Å²) in [5, 5.41) is 6.31. The van der Waals surface area contributed by atoms with Crippen LogP contribution in [0.25, 0.3) is 0 Å². The lowest BCUT2D eigenvalue weighted by Gasteiger charge is -2.24. The molecule has 2 aromatic rings. The summed E-state index contributed by atoms with van der Waals surface area (Å²) in [5.74, 6) is 0.0326. The Balaban J connectivity index is 1.80. The van der Waals surface area contributed by atoms with Gasteiger partial charge in [-0.1, -0.05) is 29.8 Å². The molecular formula is C19H26N4O. The van der Waals surface area contributed by atoms with Gasteiger partial charge in [-0.15, -0.1) is 0 Å². The predicted molar refractivity (Wildman–Crippen MR) is 98.0 cm³/mol. The second-order valence-electron chi connectivity index (χ2n) is 6.09. The van der Waals surface area contributed by atoms with E-state index in [0.29, 0.717) is 6.54 Å². The first-order valence-electron chi connectivity index (χ1n) is 8.22. The first-order chi connectivity index (χ1) is 11.6. The van der Waals surface area contributed by atoms with Crippen molar-refractivity contribution in [3.8, 4) is 0 Å². The van der Waals surface area contributed by atoms with Crippen LogP contribution in [0.2, 0.25) is 0 Å². The van der Waals surface area contributed by atoms with Gasteiger partial charge in [-0.25, -0.2) is 0 Å². The van der Waals surface area contributed by atoms with Crippen molar-refractivity contribution in [2.24, 2.45) is 0 Å². The van der Waals surface area contributed by atoms with Crippen LogP contribution in [0.1, 0.15) is 23.6 Å². The van der Waals surface area contributed by atoms with Gasteiger partial charge < -0.3 is 10.6 Å². The number of carbonyl (C=O) groups is 1. The highest BCUT2D eigenvalue weighted by molar-refractivity contribution is 5.83. The molecule has 0 aliphatic carbocycles. The molecule has 5 heteroatoms. The Morgan fingerprint density at radius 2 is 1.92 bits per heavy atom. The van der Waals surface area contributed by atoms with E-state index in [1.165, 1.54) is 5.56 Å². The van der Waals surface area contributed by atoms with Crippen molar-refractivity contribution in [3.63, 3.8) is 0 Å². The number of nitrogens with zero attached hydrogens (tertiary/aromatic N) is 2. The zero-order valence-electron chi connectivity index (χ0n) is 14.6. The summed E-state index contributed by atoms with van der Waals surface area (Å²) in [4.78, 5) is 18.5. The predicted octanol–water partition coefficient (Wildman–Crippen LogP) is 2.61. The number of anilines is 1. The molecule has 24 heavy (non-hydrogen) atoms. The summed E-state index contributed by atoms with van der Waals surface area (Å²) < 4.78 is 0. The van der Waals surface area contributed by atoms with E-state index in [4.69, 9.17) is 0 Å². The molecule has 0 fully saturated rings. The molecule has 1 amide bonds. The third-order valence-electron chi connectivity index (χ3n) is 3.80. The van der Waals surface area contributed by atoms with Crippen LogP contribution in [-0.2, 0) is 4.79 Å². The Morgan fingerprint density at radius 3 is 2.54 bits per heavy atom. The normalized spacial score (nSPS) is 12.0. The van der Waals surface area contributed by atoms with Gasteiger partial charge in [-0.05, 0) is 45.1 Å². The molecule has 0 bridgehead atoms. The van der Waals surface area contributed by atoms with Gasteiger partial charge in [0.15, 0.2) is 0 Å². The minimum absolute atomic E-state index is 0.0326. The Labute approximate surface area is 144 Å². The van der Waals surface area contributed by atoms with Crippen molar-refractivity contribution in [1.29, 1.82) is 0 Å². The van der Waals surface area contributed by atoms with E-state index in [2.05, 4.69) is 15.6 Å². The van der Waals surface area contributed by atoms with Crippen LogP contribution in [0.3, 0.4) is 0 Å². The van der Waals surface area contributed by atoms with E-state index in [9.17, 15) is 4.79 Å². The van der Waals surface area contributed by atoms with Gasteiger partial charge in [0, 0.05) is 25.5 Å². The molecule has 2 N–H and O–H groups in total. The summed E-state index contributed by atoms with van der Waals surface area (Å²) in [6.45, 7) is 3.48. The van der Waals surface area contributed by atoms with Gasteiger partial charge in [0.05, 0.1) is 5.69 Å². The number of hydrogen-bond acceptors (Lipinski definition) is 4. The van der Waals surface area contributed by atoms with E-state index in [-0.39, 0.29) is 11.9 Å². The number of benzene rings is 1. The number of amides is 1. The number of likely N-dealkylation sites (N-methyl/N-ethyl adjacent to an activating group) is 1. The Hall–Kier alpha value is -2.40. The van der Waals surface area contributed by atoms with Gasteiger partial charge >= 0.3 is 0 Å². The van der Waals surface area contributed by atoms with Gasteiger partial charge in [-0.2, -0.15) is 0 Å². The standard InChI is InChI=1S/C19H26N4O/c1-15-7-9-16(10-8-15)18(23(2)3)19(24)22-13-5-12-21-17-6-4-11-20-14-17/h4,6-11,14,18,21H,5,12-13H2,1-3H3,(H,22,24). The van der Waals surface area contributed by atoms with Gasteiger partial charge in [0.1, 0.15) is 6.04 Å². The van der Waals surface area contributed by atoms with Crippen molar-refractivity contribution in [2.75, 3.05) is 32.5 Å². The third kappa shape index (κ3) is 5.35. The van der Waals surface area contributed by atoms with Crippen LogP contribution in [0, 0.1) is 6.92 Å². The SMILES string of the molecule is Cc1ccc(C(C(=O)NCCCNc2cccnc2)N(C)C)cc1.